The molecule has 1 amide bonds. The van der Waals surface area contributed by atoms with Gasteiger partial charge in [0.25, 0.3) is 0 Å². The van der Waals surface area contributed by atoms with Gasteiger partial charge in [0, 0.05) is 24.6 Å². The molecule has 106 valence electrons. The second kappa shape index (κ2) is 4.48. The Kier molecular flexibility index (Phi) is 2.60. The van der Waals surface area contributed by atoms with Gasteiger partial charge in [-0.3, -0.25) is 9.78 Å². The highest BCUT2D eigenvalue weighted by molar-refractivity contribution is 6.03. The van der Waals surface area contributed by atoms with Gasteiger partial charge in [0.2, 0.25) is 5.91 Å². The zero-order chi connectivity index (χ0) is 14.4. The summed E-state index contributed by atoms with van der Waals surface area (Å²) in [6, 6.07) is 8.15. The van der Waals surface area contributed by atoms with E-state index in [0.29, 0.717) is 13.0 Å². The van der Waals surface area contributed by atoms with E-state index in [1.54, 1.807) is 12.4 Å². The van der Waals surface area contributed by atoms with Crippen molar-refractivity contribution in [2.45, 2.75) is 19.5 Å². The van der Waals surface area contributed by atoms with Crippen molar-refractivity contribution < 1.29 is 4.79 Å². The summed E-state index contributed by atoms with van der Waals surface area (Å²) in [7, 11) is 0. The van der Waals surface area contributed by atoms with Crippen LogP contribution in [-0.4, -0.2) is 17.4 Å². The molecular weight excluding hydrogens is 264 g/mol. The molecule has 4 rings (SSSR count). The second-order valence-electron chi connectivity index (χ2n) is 5.34. The summed E-state index contributed by atoms with van der Waals surface area (Å²) >= 11 is 0. The fourth-order valence-corrected chi connectivity index (χ4v) is 3.07. The zero-order valence-electron chi connectivity index (χ0n) is 11.8. The van der Waals surface area contributed by atoms with Gasteiger partial charge in [-0.2, -0.15) is 0 Å². The molecule has 2 aliphatic heterocycles. The molecule has 2 aliphatic rings. The number of amides is 1. The third kappa shape index (κ3) is 1.85. The van der Waals surface area contributed by atoms with Crippen molar-refractivity contribution in [3.05, 3.63) is 47.8 Å². The maximum absolute atomic E-state index is 12.0. The molecule has 1 aromatic carbocycles. The Morgan fingerprint density at radius 3 is 2.67 bits per heavy atom. The molecule has 2 N–H and O–H groups in total. The number of nitrogens with one attached hydrogen (secondary N) is 2. The van der Waals surface area contributed by atoms with Crippen molar-refractivity contribution in [3.63, 3.8) is 0 Å². The number of aromatic nitrogens is 1. The average molecular weight is 280 g/mol. The summed E-state index contributed by atoms with van der Waals surface area (Å²) in [6.45, 7) is 2.72. The third-order valence-corrected chi connectivity index (χ3v) is 4.11. The van der Waals surface area contributed by atoms with Gasteiger partial charge < -0.3 is 15.5 Å². The molecule has 0 saturated heterocycles. The number of benzene rings is 1. The highest BCUT2D eigenvalue weighted by atomic mass is 16.2. The van der Waals surface area contributed by atoms with Crippen LogP contribution in [0.2, 0.25) is 0 Å². The van der Waals surface area contributed by atoms with Crippen LogP contribution in [0.15, 0.2) is 36.7 Å². The molecule has 0 radical (unpaired) electrons. The number of pyridine rings is 1. The van der Waals surface area contributed by atoms with Gasteiger partial charge in [0.1, 0.15) is 6.17 Å². The molecule has 0 fully saturated rings. The molecule has 1 aromatic heterocycles. The smallest absolute Gasteiger partial charge is 0.231 e. The first-order chi connectivity index (χ1) is 10.3. The first-order valence-corrected chi connectivity index (χ1v) is 7.16. The normalized spacial score (nSPS) is 19.0. The molecule has 0 saturated carbocycles. The van der Waals surface area contributed by atoms with E-state index in [1.807, 2.05) is 24.0 Å². The minimum absolute atomic E-state index is 0.0521. The van der Waals surface area contributed by atoms with Crippen LogP contribution < -0.4 is 15.5 Å². The minimum Gasteiger partial charge on any atom is -0.360 e. The zero-order valence-corrected chi connectivity index (χ0v) is 11.8. The molecule has 0 spiro atoms. The van der Waals surface area contributed by atoms with Crippen molar-refractivity contribution in [2.75, 3.05) is 22.1 Å². The van der Waals surface area contributed by atoms with E-state index in [2.05, 4.69) is 27.8 Å². The Labute approximate surface area is 123 Å². The molecule has 21 heavy (non-hydrogen) atoms. The summed E-state index contributed by atoms with van der Waals surface area (Å²) in [4.78, 5) is 17.8. The summed E-state index contributed by atoms with van der Waals surface area (Å²) in [6.07, 6.45) is 4.13. The van der Waals surface area contributed by atoms with Crippen molar-refractivity contribution >= 4 is 23.0 Å². The van der Waals surface area contributed by atoms with Crippen molar-refractivity contribution in [1.29, 1.82) is 0 Å². The van der Waals surface area contributed by atoms with E-state index in [-0.39, 0.29) is 12.1 Å². The molecule has 3 heterocycles. The Morgan fingerprint density at radius 1 is 1.24 bits per heavy atom. The van der Waals surface area contributed by atoms with Gasteiger partial charge in [0.05, 0.1) is 17.8 Å². The predicted molar refractivity (Wildman–Crippen MR) is 82.4 cm³/mol. The standard InChI is InChI=1S/C16H16N4O/c1-2-20-14-9-13-12(7-11(14)8-15(20)21)18-16(19-13)10-3-5-17-6-4-10/h3-7,9,16,18-19H,2,8H2,1H3. The molecule has 2 aromatic rings. The van der Waals surface area contributed by atoms with Crippen LogP contribution in [0.4, 0.5) is 17.1 Å². The topological polar surface area (TPSA) is 57.3 Å². The lowest BCUT2D eigenvalue weighted by Gasteiger charge is -2.15. The average Bonchev–Trinajstić information content (AvgIpc) is 3.04. The molecule has 5 nitrogen and oxygen atoms in total. The summed E-state index contributed by atoms with van der Waals surface area (Å²) in [5.41, 5.74) is 5.38. The highest BCUT2D eigenvalue weighted by Crippen LogP contribution is 2.42. The number of anilines is 3. The van der Waals surface area contributed by atoms with Gasteiger partial charge in [-0.25, -0.2) is 0 Å². The SMILES string of the molecule is CCN1C(=O)Cc2cc3c(cc21)NC(c1ccncc1)N3. The number of rotatable bonds is 2. The Bertz CT molecular complexity index is 714. The predicted octanol–water partition coefficient (Wildman–Crippen LogP) is 2.53. The quantitative estimate of drug-likeness (QED) is 0.887. The number of fused-ring (bicyclic) bond motifs is 2. The molecular formula is C16H16N4O. The van der Waals surface area contributed by atoms with E-state index in [0.717, 1.165) is 28.2 Å². The fraction of sp³-hybridized carbons (Fsp3) is 0.250. The lowest BCUT2D eigenvalue weighted by Crippen LogP contribution is -2.25. The van der Waals surface area contributed by atoms with Crippen LogP contribution in [0.5, 0.6) is 0 Å². The van der Waals surface area contributed by atoms with Gasteiger partial charge in [-0.15, -0.1) is 0 Å². The monoisotopic (exact) mass is 280 g/mol. The first kappa shape index (κ1) is 12.2. The summed E-state index contributed by atoms with van der Waals surface area (Å²) < 4.78 is 0. The minimum atomic E-state index is 0.0521. The summed E-state index contributed by atoms with van der Waals surface area (Å²) in [5, 5.41) is 6.92. The van der Waals surface area contributed by atoms with E-state index >= 15 is 0 Å². The molecule has 0 aliphatic carbocycles. The number of likely N-dealkylation sites (N-methyl/N-ethyl adjacent to an activating group) is 1. The lowest BCUT2D eigenvalue weighted by molar-refractivity contribution is -0.117. The van der Waals surface area contributed by atoms with Gasteiger partial charge in [0.15, 0.2) is 0 Å². The maximum atomic E-state index is 12.0. The first-order valence-electron chi connectivity index (χ1n) is 7.16. The second-order valence-corrected chi connectivity index (χ2v) is 5.34. The van der Waals surface area contributed by atoms with E-state index in [4.69, 9.17) is 0 Å². The molecule has 5 heteroatoms. The third-order valence-electron chi connectivity index (χ3n) is 4.11. The van der Waals surface area contributed by atoms with Crippen molar-refractivity contribution in [3.8, 4) is 0 Å². The van der Waals surface area contributed by atoms with Crippen LogP contribution in [-0.2, 0) is 11.2 Å². The van der Waals surface area contributed by atoms with Crippen molar-refractivity contribution in [1.82, 2.24) is 4.98 Å². The number of carbonyl (C=O) groups is 1. The van der Waals surface area contributed by atoms with Crippen LogP contribution in [0.1, 0.15) is 24.2 Å². The van der Waals surface area contributed by atoms with Gasteiger partial charge in [-0.1, -0.05) is 0 Å². The van der Waals surface area contributed by atoms with E-state index in [1.165, 1.54) is 0 Å². The number of hydrogen-bond acceptors (Lipinski definition) is 4. The van der Waals surface area contributed by atoms with Crippen LogP contribution in [0.25, 0.3) is 0 Å². The van der Waals surface area contributed by atoms with Crippen LogP contribution >= 0.6 is 0 Å². The maximum Gasteiger partial charge on any atom is 0.231 e. The fourth-order valence-electron chi connectivity index (χ4n) is 3.07. The van der Waals surface area contributed by atoms with Crippen LogP contribution in [0, 0.1) is 0 Å². The number of nitrogens with zero attached hydrogens (tertiary/aromatic N) is 2. The Hall–Kier alpha value is -2.56. The van der Waals surface area contributed by atoms with Crippen LogP contribution in [0.3, 0.4) is 0 Å². The largest absolute Gasteiger partial charge is 0.360 e. The molecule has 1 unspecified atom stereocenters. The van der Waals surface area contributed by atoms with Crippen molar-refractivity contribution in [2.24, 2.45) is 0 Å². The Balaban J connectivity index is 1.68. The highest BCUT2D eigenvalue weighted by Gasteiger charge is 2.30. The number of hydrogen-bond donors (Lipinski definition) is 2. The number of carbonyl (C=O) groups excluding carboxylic acids is 1. The molecule has 0 bridgehead atoms. The van der Waals surface area contributed by atoms with E-state index in [9.17, 15) is 4.79 Å². The van der Waals surface area contributed by atoms with Gasteiger partial charge >= 0.3 is 0 Å². The summed E-state index contributed by atoms with van der Waals surface area (Å²) in [5.74, 6) is 0.182. The van der Waals surface area contributed by atoms with E-state index < -0.39 is 0 Å². The molecule has 1 atom stereocenters. The lowest BCUT2D eigenvalue weighted by atomic mass is 10.1. The van der Waals surface area contributed by atoms with Gasteiger partial charge in [-0.05, 0) is 42.3 Å². The Morgan fingerprint density at radius 2 is 1.95 bits per heavy atom.